The fraction of sp³-hybridized carbons (Fsp3) is 0.357. The van der Waals surface area contributed by atoms with Crippen LogP contribution in [0.1, 0.15) is 26.3 Å². The van der Waals surface area contributed by atoms with Gasteiger partial charge < -0.3 is 9.47 Å². The first-order valence-corrected chi connectivity index (χ1v) is 7.52. The third kappa shape index (κ3) is 5.97. The van der Waals surface area contributed by atoms with E-state index in [9.17, 15) is 13.2 Å². The van der Waals surface area contributed by atoms with Crippen LogP contribution in [0.5, 0.6) is 0 Å². The SMILES string of the molecule is C=Cc1ccc(S(=O)(=O)OCOC(=O)OC(C)(C)C)cc1. The zero-order valence-corrected chi connectivity index (χ0v) is 13.0. The summed E-state index contributed by atoms with van der Waals surface area (Å²) < 4.78 is 37.6. The number of hydrogen-bond acceptors (Lipinski definition) is 6. The van der Waals surface area contributed by atoms with Crippen molar-refractivity contribution in [2.75, 3.05) is 6.79 Å². The summed E-state index contributed by atoms with van der Waals surface area (Å²) in [6.07, 6.45) is 0.586. The van der Waals surface area contributed by atoms with E-state index in [1.54, 1.807) is 39.0 Å². The molecule has 6 nitrogen and oxygen atoms in total. The molecule has 0 heterocycles. The van der Waals surface area contributed by atoms with Gasteiger partial charge in [-0.05, 0) is 38.5 Å². The van der Waals surface area contributed by atoms with Gasteiger partial charge in [-0.2, -0.15) is 8.42 Å². The molecule has 7 heteroatoms. The molecule has 0 amide bonds. The first-order chi connectivity index (χ1) is 9.64. The molecule has 116 valence electrons. The predicted octanol–water partition coefficient (Wildman–Crippen LogP) is 2.94. The summed E-state index contributed by atoms with van der Waals surface area (Å²) in [5, 5.41) is 0. The zero-order valence-electron chi connectivity index (χ0n) is 12.2. The van der Waals surface area contributed by atoms with Crippen molar-refractivity contribution in [1.82, 2.24) is 0 Å². The van der Waals surface area contributed by atoms with E-state index in [-0.39, 0.29) is 4.90 Å². The highest BCUT2D eigenvalue weighted by molar-refractivity contribution is 7.86. The summed E-state index contributed by atoms with van der Waals surface area (Å²) >= 11 is 0. The lowest BCUT2D eigenvalue weighted by Crippen LogP contribution is -2.25. The maximum atomic E-state index is 11.8. The van der Waals surface area contributed by atoms with Crippen LogP contribution in [0.4, 0.5) is 4.79 Å². The topological polar surface area (TPSA) is 78.9 Å². The van der Waals surface area contributed by atoms with Crippen LogP contribution in [0.15, 0.2) is 35.7 Å². The minimum absolute atomic E-state index is 0.0408. The standard InChI is InChI=1S/C14H18O6S/c1-5-11-6-8-12(9-7-11)21(16,17)19-10-18-13(15)20-14(2,3)4/h5-9H,1,10H2,2-4H3. The molecule has 1 aromatic rings. The van der Waals surface area contributed by atoms with Gasteiger partial charge in [0.25, 0.3) is 10.1 Å². The van der Waals surface area contributed by atoms with Crippen LogP contribution in [-0.2, 0) is 23.8 Å². The lowest BCUT2D eigenvalue weighted by Gasteiger charge is -2.18. The Morgan fingerprint density at radius 2 is 1.81 bits per heavy atom. The molecule has 0 aliphatic carbocycles. The van der Waals surface area contributed by atoms with E-state index in [1.165, 1.54) is 12.1 Å². The smallest absolute Gasteiger partial charge is 0.429 e. The molecule has 0 N–H and O–H groups in total. The minimum Gasteiger partial charge on any atom is -0.429 e. The van der Waals surface area contributed by atoms with Crippen molar-refractivity contribution in [3.8, 4) is 0 Å². The average molecular weight is 314 g/mol. The van der Waals surface area contributed by atoms with Gasteiger partial charge in [0.15, 0.2) is 0 Å². The normalized spacial score (nSPS) is 11.8. The van der Waals surface area contributed by atoms with Crippen molar-refractivity contribution in [3.05, 3.63) is 36.4 Å². The van der Waals surface area contributed by atoms with Crippen molar-refractivity contribution in [2.45, 2.75) is 31.3 Å². The van der Waals surface area contributed by atoms with E-state index in [0.717, 1.165) is 5.56 Å². The van der Waals surface area contributed by atoms with Crippen LogP contribution in [0.25, 0.3) is 6.08 Å². The Hall–Kier alpha value is -1.86. The molecule has 0 saturated heterocycles. The second-order valence-electron chi connectivity index (χ2n) is 5.07. The molecule has 0 aromatic heterocycles. The highest BCUT2D eigenvalue weighted by Crippen LogP contribution is 2.14. The summed E-state index contributed by atoms with van der Waals surface area (Å²) in [6.45, 7) is 7.80. The summed E-state index contributed by atoms with van der Waals surface area (Å²) in [5.74, 6) is 0. The molecule has 0 saturated carbocycles. The van der Waals surface area contributed by atoms with Crippen molar-refractivity contribution >= 4 is 22.3 Å². The summed E-state index contributed by atoms with van der Waals surface area (Å²) in [5.41, 5.74) is 0.0511. The van der Waals surface area contributed by atoms with Gasteiger partial charge in [0, 0.05) is 0 Å². The Bertz CT molecular complexity index is 595. The van der Waals surface area contributed by atoms with Gasteiger partial charge in [-0.3, -0.25) is 0 Å². The Morgan fingerprint density at radius 3 is 2.29 bits per heavy atom. The average Bonchev–Trinajstić information content (AvgIpc) is 2.36. The van der Waals surface area contributed by atoms with Gasteiger partial charge in [-0.1, -0.05) is 24.8 Å². The highest BCUT2D eigenvalue weighted by atomic mass is 32.2. The van der Waals surface area contributed by atoms with Crippen LogP contribution in [0.2, 0.25) is 0 Å². The van der Waals surface area contributed by atoms with Crippen LogP contribution in [-0.4, -0.2) is 27.0 Å². The van der Waals surface area contributed by atoms with Gasteiger partial charge in [0.05, 0.1) is 4.90 Å². The van der Waals surface area contributed by atoms with Crippen LogP contribution in [0, 0.1) is 0 Å². The molecular weight excluding hydrogens is 296 g/mol. The van der Waals surface area contributed by atoms with Gasteiger partial charge >= 0.3 is 6.16 Å². The van der Waals surface area contributed by atoms with Crippen molar-refractivity contribution < 1.29 is 26.9 Å². The van der Waals surface area contributed by atoms with Gasteiger partial charge in [-0.25, -0.2) is 8.98 Å². The molecule has 0 bridgehead atoms. The van der Waals surface area contributed by atoms with Crippen molar-refractivity contribution in [3.63, 3.8) is 0 Å². The maximum absolute atomic E-state index is 11.8. The number of rotatable bonds is 5. The monoisotopic (exact) mass is 314 g/mol. The predicted molar refractivity (Wildman–Crippen MR) is 77.0 cm³/mol. The number of benzene rings is 1. The quantitative estimate of drug-likeness (QED) is 0.472. The third-order valence-corrected chi connectivity index (χ3v) is 3.43. The third-order valence-electron chi connectivity index (χ3n) is 2.17. The number of carbonyl (C=O) groups is 1. The first kappa shape index (κ1) is 17.2. The number of carbonyl (C=O) groups excluding carboxylic acids is 1. The summed E-state index contributed by atoms with van der Waals surface area (Å²) in [6, 6.07) is 5.91. The van der Waals surface area contributed by atoms with Crippen molar-refractivity contribution in [2.24, 2.45) is 0 Å². The first-order valence-electron chi connectivity index (χ1n) is 6.12. The fourth-order valence-electron chi connectivity index (χ4n) is 1.25. The molecule has 0 fully saturated rings. The Morgan fingerprint density at radius 1 is 1.24 bits per heavy atom. The number of ether oxygens (including phenoxy) is 2. The van der Waals surface area contributed by atoms with Gasteiger partial charge in [0.1, 0.15) is 5.60 Å². The van der Waals surface area contributed by atoms with Crippen LogP contribution < -0.4 is 0 Å². The molecule has 0 spiro atoms. The second kappa shape index (κ2) is 6.73. The molecule has 1 aromatic carbocycles. The van der Waals surface area contributed by atoms with Gasteiger partial charge in [-0.15, -0.1) is 0 Å². The summed E-state index contributed by atoms with van der Waals surface area (Å²) in [4.78, 5) is 11.2. The Labute approximate surface area is 124 Å². The zero-order chi connectivity index (χ0) is 16.1. The molecule has 0 unspecified atom stereocenters. The highest BCUT2D eigenvalue weighted by Gasteiger charge is 2.19. The minimum atomic E-state index is -3.99. The molecule has 0 radical (unpaired) electrons. The maximum Gasteiger partial charge on any atom is 0.510 e. The Balaban J connectivity index is 2.57. The summed E-state index contributed by atoms with van der Waals surface area (Å²) in [7, 11) is -3.99. The molecule has 21 heavy (non-hydrogen) atoms. The van der Waals surface area contributed by atoms with E-state index >= 15 is 0 Å². The lowest BCUT2D eigenvalue weighted by atomic mass is 10.2. The Kier molecular flexibility index (Phi) is 5.51. The molecule has 0 aliphatic rings. The largest absolute Gasteiger partial charge is 0.510 e. The van der Waals surface area contributed by atoms with Crippen LogP contribution >= 0.6 is 0 Å². The van der Waals surface area contributed by atoms with E-state index in [0.29, 0.717) is 0 Å². The number of hydrogen-bond donors (Lipinski definition) is 0. The second-order valence-corrected chi connectivity index (χ2v) is 6.69. The van der Waals surface area contributed by atoms with E-state index < -0.39 is 28.7 Å². The lowest BCUT2D eigenvalue weighted by molar-refractivity contribution is -0.0345. The van der Waals surface area contributed by atoms with Crippen molar-refractivity contribution in [1.29, 1.82) is 0 Å². The van der Waals surface area contributed by atoms with E-state index in [2.05, 4.69) is 15.5 Å². The fourth-order valence-corrected chi connectivity index (χ4v) is 2.03. The van der Waals surface area contributed by atoms with Crippen LogP contribution in [0.3, 0.4) is 0 Å². The molecule has 0 atom stereocenters. The van der Waals surface area contributed by atoms with Gasteiger partial charge in [0.2, 0.25) is 6.79 Å². The van der Waals surface area contributed by atoms with E-state index in [1.807, 2.05) is 0 Å². The van der Waals surface area contributed by atoms with E-state index in [4.69, 9.17) is 4.74 Å². The molecule has 1 rings (SSSR count). The molecule has 0 aliphatic heterocycles. The molecular formula is C14H18O6S.